The molecule has 1 heterocycles. The maximum Gasteiger partial charge on any atom is 0.243 e. The van der Waals surface area contributed by atoms with Crippen LogP contribution in [0.5, 0.6) is 0 Å². The second-order valence-electron chi connectivity index (χ2n) is 7.42. The summed E-state index contributed by atoms with van der Waals surface area (Å²) in [4.78, 5) is 24.5. The summed E-state index contributed by atoms with van der Waals surface area (Å²) in [5.41, 5.74) is 2.95. The summed E-state index contributed by atoms with van der Waals surface area (Å²) in [6.45, 7) is 3.52. The number of carbonyl (C=O) groups excluding carboxylic acids is 2. The molecule has 1 aliphatic rings. The number of fused-ring (bicyclic) bond motifs is 1. The predicted octanol–water partition coefficient (Wildman–Crippen LogP) is 2.31. The van der Waals surface area contributed by atoms with E-state index in [2.05, 4.69) is 10.6 Å². The molecule has 2 aromatic rings. The van der Waals surface area contributed by atoms with Crippen LogP contribution in [0.4, 0.5) is 10.1 Å². The molecule has 7 nitrogen and oxygen atoms in total. The van der Waals surface area contributed by atoms with Crippen LogP contribution in [0.2, 0.25) is 0 Å². The van der Waals surface area contributed by atoms with Gasteiger partial charge in [-0.15, -0.1) is 0 Å². The molecule has 0 spiro atoms. The Morgan fingerprint density at radius 3 is 2.60 bits per heavy atom. The first-order chi connectivity index (χ1) is 14.1. The van der Waals surface area contributed by atoms with E-state index in [1.807, 2.05) is 13.8 Å². The SMILES string of the molecule is Cc1ccc(S(=O)(=O)N(C)CC(=O)NCC[C@H]2C(=O)Nc3ccc(F)cc32)cc1C. The van der Waals surface area contributed by atoms with E-state index >= 15 is 0 Å². The van der Waals surface area contributed by atoms with Gasteiger partial charge in [0.25, 0.3) is 0 Å². The molecule has 0 aliphatic carbocycles. The van der Waals surface area contributed by atoms with Gasteiger partial charge in [-0.05, 0) is 67.3 Å². The molecule has 0 aromatic heterocycles. The Kier molecular flexibility index (Phi) is 6.23. The van der Waals surface area contributed by atoms with E-state index < -0.39 is 27.7 Å². The van der Waals surface area contributed by atoms with Crippen molar-refractivity contribution in [3.63, 3.8) is 0 Å². The zero-order chi connectivity index (χ0) is 22.1. The van der Waals surface area contributed by atoms with Crippen LogP contribution in [0, 0.1) is 19.7 Å². The number of benzene rings is 2. The topological polar surface area (TPSA) is 95.6 Å². The number of likely N-dealkylation sites (N-methyl/N-ethyl adjacent to an activating group) is 1. The van der Waals surface area contributed by atoms with Crippen LogP contribution < -0.4 is 10.6 Å². The lowest BCUT2D eigenvalue weighted by atomic mass is 9.97. The number of rotatable bonds is 7. The summed E-state index contributed by atoms with van der Waals surface area (Å²) >= 11 is 0. The van der Waals surface area contributed by atoms with Crippen molar-refractivity contribution >= 4 is 27.5 Å². The highest BCUT2D eigenvalue weighted by atomic mass is 32.2. The standard InChI is InChI=1S/C21H24FN3O4S/c1-13-4-6-16(10-14(13)2)30(28,29)25(3)12-20(26)23-9-8-17-18-11-15(22)5-7-19(18)24-21(17)27/h4-7,10-11,17H,8-9,12H2,1-3H3,(H,23,26)(H,24,27)/t17-/m1/s1. The quantitative estimate of drug-likeness (QED) is 0.701. The van der Waals surface area contributed by atoms with E-state index in [4.69, 9.17) is 0 Å². The largest absolute Gasteiger partial charge is 0.355 e. The Hall–Kier alpha value is -2.78. The number of amides is 2. The Bertz CT molecular complexity index is 1100. The average molecular weight is 434 g/mol. The Balaban J connectivity index is 1.56. The molecule has 3 rings (SSSR count). The highest BCUT2D eigenvalue weighted by molar-refractivity contribution is 7.89. The van der Waals surface area contributed by atoms with Crippen LogP contribution in [0.1, 0.15) is 29.0 Å². The molecule has 1 atom stereocenters. The van der Waals surface area contributed by atoms with Crippen molar-refractivity contribution in [2.24, 2.45) is 0 Å². The van der Waals surface area contributed by atoms with Crippen LogP contribution in [0.25, 0.3) is 0 Å². The summed E-state index contributed by atoms with van der Waals surface area (Å²) in [5.74, 6) is -1.73. The minimum absolute atomic E-state index is 0.127. The molecule has 2 aromatic carbocycles. The molecule has 30 heavy (non-hydrogen) atoms. The lowest BCUT2D eigenvalue weighted by Crippen LogP contribution is -2.39. The van der Waals surface area contributed by atoms with E-state index in [0.29, 0.717) is 11.3 Å². The zero-order valence-electron chi connectivity index (χ0n) is 17.0. The molecule has 0 unspecified atom stereocenters. The summed E-state index contributed by atoms with van der Waals surface area (Å²) in [6, 6.07) is 8.91. The van der Waals surface area contributed by atoms with Gasteiger partial charge in [0.05, 0.1) is 17.4 Å². The fourth-order valence-electron chi connectivity index (χ4n) is 3.34. The second kappa shape index (κ2) is 8.53. The van der Waals surface area contributed by atoms with Gasteiger partial charge in [-0.2, -0.15) is 4.31 Å². The van der Waals surface area contributed by atoms with Crippen LogP contribution in [-0.2, 0) is 19.6 Å². The van der Waals surface area contributed by atoms with Crippen molar-refractivity contribution in [3.05, 3.63) is 58.9 Å². The zero-order valence-corrected chi connectivity index (χ0v) is 17.8. The van der Waals surface area contributed by atoms with Crippen molar-refractivity contribution < 1.29 is 22.4 Å². The summed E-state index contributed by atoms with van der Waals surface area (Å²) in [5, 5.41) is 5.32. The third kappa shape index (κ3) is 4.52. The fourth-order valence-corrected chi connectivity index (χ4v) is 4.55. The van der Waals surface area contributed by atoms with E-state index in [-0.39, 0.29) is 30.3 Å². The van der Waals surface area contributed by atoms with Crippen molar-refractivity contribution in [3.8, 4) is 0 Å². The predicted molar refractivity (Wildman–Crippen MR) is 111 cm³/mol. The second-order valence-corrected chi connectivity index (χ2v) is 9.46. The van der Waals surface area contributed by atoms with Gasteiger partial charge in [-0.25, -0.2) is 12.8 Å². The van der Waals surface area contributed by atoms with E-state index in [9.17, 15) is 22.4 Å². The summed E-state index contributed by atoms with van der Waals surface area (Å²) in [6.07, 6.45) is 0.279. The van der Waals surface area contributed by atoms with Gasteiger partial charge < -0.3 is 10.6 Å². The first-order valence-electron chi connectivity index (χ1n) is 9.50. The molecule has 160 valence electrons. The summed E-state index contributed by atoms with van der Waals surface area (Å²) < 4.78 is 39.8. The monoisotopic (exact) mass is 433 g/mol. The smallest absolute Gasteiger partial charge is 0.243 e. The number of sulfonamides is 1. The lowest BCUT2D eigenvalue weighted by Gasteiger charge is -2.18. The van der Waals surface area contributed by atoms with Gasteiger partial charge in [-0.3, -0.25) is 9.59 Å². The van der Waals surface area contributed by atoms with Gasteiger partial charge in [0.1, 0.15) is 5.82 Å². The molecule has 0 bridgehead atoms. The molecule has 9 heteroatoms. The highest BCUT2D eigenvalue weighted by Gasteiger charge is 2.30. The average Bonchev–Trinajstić information content (AvgIpc) is 2.98. The minimum atomic E-state index is -3.80. The Morgan fingerprint density at radius 2 is 1.90 bits per heavy atom. The number of aryl methyl sites for hydroxylation is 2. The Morgan fingerprint density at radius 1 is 1.17 bits per heavy atom. The number of nitrogens with zero attached hydrogens (tertiary/aromatic N) is 1. The third-order valence-corrected chi connectivity index (χ3v) is 7.07. The number of halogens is 1. The maximum atomic E-state index is 13.5. The van der Waals surface area contributed by atoms with E-state index in [1.54, 1.807) is 12.1 Å². The summed E-state index contributed by atoms with van der Waals surface area (Å²) in [7, 11) is -2.46. The van der Waals surface area contributed by atoms with E-state index in [0.717, 1.165) is 15.4 Å². The van der Waals surface area contributed by atoms with Crippen LogP contribution in [0.3, 0.4) is 0 Å². The van der Waals surface area contributed by atoms with Gasteiger partial charge in [0.15, 0.2) is 0 Å². The van der Waals surface area contributed by atoms with Gasteiger partial charge in [0, 0.05) is 19.3 Å². The molecule has 0 saturated carbocycles. The number of nitrogens with one attached hydrogen (secondary N) is 2. The highest BCUT2D eigenvalue weighted by Crippen LogP contribution is 2.34. The first kappa shape index (κ1) is 21.9. The van der Waals surface area contributed by atoms with Gasteiger partial charge in [0.2, 0.25) is 21.8 Å². The molecular formula is C21H24FN3O4S. The van der Waals surface area contributed by atoms with Crippen molar-refractivity contribution in [1.82, 2.24) is 9.62 Å². The molecule has 2 N–H and O–H groups in total. The fraction of sp³-hybridized carbons (Fsp3) is 0.333. The van der Waals surface area contributed by atoms with Crippen molar-refractivity contribution in [1.29, 1.82) is 0 Å². The third-order valence-electron chi connectivity index (χ3n) is 5.27. The van der Waals surface area contributed by atoms with Gasteiger partial charge >= 0.3 is 0 Å². The van der Waals surface area contributed by atoms with Crippen LogP contribution in [0.15, 0.2) is 41.3 Å². The van der Waals surface area contributed by atoms with Gasteiger partial charge in [-0.1, -0.05) is 6.07 Å². The van der Waals surface area contributed by atoms with E-state index in [1.165, 1.54) is 31.3 Å². The van der Waals surface area contributed by atoms with Crippen molar-refractivity contribution in [2.75, 3.05) is 25.5 Å². The molecule has 2 amide bonds. The number of hydrogen-bond donors (Lipinski definition) is 2. The van der Waals surface area contributed by atoms with Crippen LogP contribution >= 0.6 is 0 Å². The molecule has 1 aliphatic heterocycles. The number of carbonyl (C=O) groups is 2. The number of anilines is 1. The van der Waals surface area contributed by atoms with Crippen molar-refractivity contribution in [2.45, 2.75) is 31.1 Å². The minimum Gasteiger partial charge on any atom is -0.355 e. The van der Waals surface area contributed by atoms with Crippen LogP contribution in [-0.4, -0.2) is 44.7 Å². The molecule has 0 radical (unpaired) electrons. The molecule has 0 saturated heterocycles. The molecule has 0 fully saturated rings. The molecular weight excluding hydrogens is 409 g/mol. The first-order valence-corrected chi connectivity index (χ1v) is 10.9. The number of hydrogen-bond acceptors (Lipinski definition) is 4. The Labute approximate surface area is 175 Å². The normalized spacial score (nSPS) is 15.8. The lowest BCUT2D eigenvalue weighted by molar-refractivity contribution is -0.121. The maximum absolute atomic E-state index is 13.5.